The number of nitrogens with zero attached hydrogens (tertiary/aromatic N) is 2. The summed E-state index contributed by atoms with van der Waals surface area (Å²) in [7, 11) is 2.27. The maximum atomic E-state index is 6.22. The zero-order chi connectivity index (χ0) is 14.6. The lowest BCUT2D eigenvalue weighted by Gasteiger charge is -2.44. The van der Waals surface area contributed by atoms with Gasteiger partial charge in [-0.05, 0) is 63.7 Å². The van der Waals surface area contributed by atoms with Gasteiger partial charge in [0, 0.05) is 19.1 Å². The molecule has 0 bridgehead atoms. The summed E-state index contributed by atoms with van der Waals surface area (Å²) in [4.78, 5) is 5.28. The van der Waals surface area contributed by atoms with E-state index >= 15 is 0 Å². The minimum absolute atomic E-state index is 0.406. The van der Waals surface area contributed by atoms with Crippen molar-refractivity contribution in [1.29, 1.82) is 0 Å². The molecule has 0 radical (unpaired) electrons. The van der Waals surface area contributed by atoms with E-state index in [9.17, 15) is 0 Å². The van der Waals surface area contributed by atoms with Crippen LogP contribution >= 0.6 is 0 Å². The van der Waals surface area contributed by atoms with Crippen molar-refractivity contribution in [2.45, 2.75) is 58.4 Å². The zero-order valence-corrected chi connectivity index (χ0v) is 13.9. The second kappa shape index (κ2) is 7.24. The Balaban J connectivity index is 2.01. The normalized spacial score (nSPS) is 37.8. The molecule has 2 N–H and O–H groups in total. The molecule has 1 saturated heterocycles. The highest BCUT2D eigenvalue weighted by Crippen LogP contribution is 2.39. The second-order valence-electron chi connectivity index (χ2n) is 7.53. The van der Waals surface area contributed by atoms with Gasteiger partial charge >= 0.3 is 0 Å². The van der Waals surface area contributed by atoms with Gasteiger partial charge < -0.3 is 10.6 Å². The molecule has 2 aliphatic rings. The van der Waals surface area contributed by atoms with Crippen molar-refractivity contribution in [3.63, 3.8) is 0 Å². The molecule has 118 valence electrons. The van der Waals surface area contributed by atoms with Crippen LogP contribution in [0.3, 0.4) is 0 Å². The molecule has 0 amide bonds. The van der Waals surface area contributed by atoms with E-state index in [0.717, 1.165) is 18.5 Å². The van der Waals surface area contributed by atoms with Gasteiger partial charge in [0.05, 0.1) is 0 Å². The van der Waals surface area contributed by atoms with Crippen LogP contribution in [-0.2, 0) is 0 Å². The summed E-state index contributed by atoms with van der Waals surface area (Å²) in [5.41, 5.74) is 6.62. The second-order valence-corrected chi connectivity index (χ2v) is 7.53. The maximum Gasteiger partial charge on any atom is 0.0220 e. The van der Waals surface area contributed by atoms with Crippen molar-refractivity contribution in [3.8, 4) is 0 Å². The predicted octanol–water partition coefficient (Wildman–Crippen LogP) is 2.56. The van der Waals surface area contributed by atoms with Gasteiger partial charge in [-0.25, -0.2) is 0 Å². The standard InChI is InChI=1S/C17H35N3/c1-4-16-12-19(3)10-5-11-20(16)14-17(13-18)8-6-15(2)7-9-17/h15-16H,4-14,18H2,1-3H3. The zero-order valence-electron chi connectivity index (χ0n) is 13.9. The predicted molar refractivity (Wildman–Crippen MR) is 86.9 cm³/mol. The molecule has 2 fully saturated rings. The quantitative estimate of drug-likeness (QED) is 0.859. The minimum atomic E-state index is 0.406. The van der Waals surface area contributed by atoms with Crippen molar-refractivity contribution in [2.24, 2.45) is 17.1 Å². The van der Waals surface area contributed by atoms with Crippen LogP contribution in [0.15, 0.2) is 0 Å². The molecule has 1 heterocycles. The highest BCUT2D eigenvalue weighted by molar-refractivity contribution is 4.91. The first-order valence-corrected chi connectivity index (χ1v) is 8.71. The summed E-state index contributed by atoms with van der Waals surface area (Å²) in [6, 6.07) is 0.727. The van der Waals surface area contributed by atoms with Crippen molar-refractivity contribution >= 4 is 0 Å². The van der Waals surface area contributed by atoms with Crippen molar-refractivity contribution in [2.75, 3.05) is 39.8 Å². The Labute approximate surface area is 125 Å². The molecule has 1 saturated carbocycles. The van der Waals surface area contributed by atoms with E-state index in [4.69, 9.17) is 5.73 Å². The molecular formula is C17H35N3. The molecule has 1 atom stereocenters. The van der Waals surface area contributed by atoms with E-state index in [0.29, 0.717) is 5.41 Å². The molecule has 1 unspecified atom stereocenters. The van der Waals surface area contributed by atoms with E-state index < -0.39 is 0 Å². The summed E-state index contributed by atoms with van der Waals surface area (Å²) in [5, 5.41) is 0. The van der Waals surface area contributed by atoms with E-state index in [1.54, 1.807) is 0 Å². The topological polar surface area (TPSA) is 32.5 Å². The highest BCUT2D eigenvalue weighted by Gasteiger charge is 2.36. The van der Waals surface area contributed by atoms with Gasteiger partial charge in [0.1, 0.15) is 0 Å². The number of likely N-dealkylation sites (N-methyl/N-ethyl adjacent to an activating group) is 1. The molecular weight excluding hydrogens is 246 g/mol. The van der Waals surface area contributed by atoms with E-state index in [-0.39, 0.29) is 0 Å². The Morgan fingerprint density at radius 1 is 1.20 bits per heavy atom. The molecule has 0 aromatic rings. The van der Waals surface area contributed by atoms with Gasteiger partial charge in [0.2, 0.25) is 0 Å². The third-order valence-electron chi connectivity index (χ3n) is 5.80. The largest absolute Gasteiger partial charge is 0.330 e. The molecule has 20 heavy (non-hydrogen) atoms. The fourth-order valence-corrected chi connectivity index (χ4v) is 4.12. The van der Waals surface area contributed by atoms with Gasteiger partial charge in [-0.2, -0.15) is 0 Å². The molecule has 2 rings (SSSR count). The summed E-state index contributed by atoms with van der Waals surface area (Å²) in [5.74, 6) is 0.909. The average molecular weight is 281 g/mol. The third-order valence-corrected chi connectivity index (χ3v) is 5.80. The first-order chi connectivity index (χ1) is 9.58. The van der Waals surface area contributed by atoms with Crippen LogP contribution in [0.2, 0.25) is 0 Å². The SMILES string of the molecule is CCC1CN(C)CCCN1CC1(CN)CCC(C)CC1. The number of nitrogens with two attached hydrogens (primary N) is 1. The van der Waals surface area contributed by atoms with E-state index in [2.05, 4.69) is 30.7 Å². The van der Waals surface area contributed by atoms with Gasteiger partial charge in [0.15, 0.2) is 0 Å². The first kappa shape index (κ1) is 16.3. The molecule has 3 nitrogen and oxygen atoms in total. The van der Waals surface area contributed by atoms with E-state index in [1.807, 2.05) is 0 Å². The molecule has 1 aliphatic carbocycles. The summed E-state index contributed by atoms with van der Waals surface area (Å²) >= 11 is 0. The summed E-state index contributed by atoms with van der Waals surface area (Å²) in [6.07, 6.45) is 8.01. The highest BCUT2D eigenvalue weighted by atomic mass is 15.2. The van der Waals surface area contributed by atoms with Gasteiger partial charge in [-0.15, -0.1) is 0 Å². The lowest BCUT2D eigenvalue weighted by Crippen LogP contribution is -2.49. The monoisotopic (exact) mass is 281 g/mol. The van der Waals surface area contributed by atoms with Crippen molar-refractivity contribution in [1.82, 2.24) is 9.80 Å². The fraction of sp³-hybridized carbons (Fsp3) is 1.00. The molecule has 0 aromatic heterocycles. The van der Waals surface area contributed by atoms with Crippen molar-refractivity contribution in [3.05, 3.63) is 0 Å². The molecule has 0 spiro atoms. The Hall–Kier alpha value is -0.120. The Morgan fingerprint density at radius 3 is 2.50 bits per heavy atom. The smallest absolute Gasteiger partial charge is 0.0220 e. The van der Waals surface area contributed by atoms with Crippen LogP contribution in [0, 0.1) is 11.3 Å². The Kier molecular flexibility index (Phi) is 5.88. The van der Waals surface area contributed by atoms with Crippen LogP contribution in [0.5, 0.6) is 0 Å². The molecule has 0 aromatic carbocycles. The lowest BCUT2D eigenvalue weighted by molar-refractivity contribution is 0.0685. The van der Waals surface area contributed by atoms with Gasteiger partial charge in [0.25, 0.3) is 0 Å². The van der Waals surface area contributed by atoms with Crippen LogP contribution < -0.4 is 5.73 Å². The van der Waals surface area contributed by atoms with Crippen molar-refractivity contribution < 1.29 is 0 Å². The molecule has 3 heteroatoms. The minimum Gasteiger partial charge on any atom is -0.330 e. The fourth-order valence-electron chi connectivity index (χ4n) is 4.12. The number of hydrogen-bond acceptors (Lipinski definition) is 3. The Morgan fingerprint density at radius 2 is 1.90 bits per heavy atom. The first-order valence-electron chi connectivity index (χ1n) is 8.71. The summed E-state index contributed by atoms with van der Waals surface area (Å²) in [6.45, 7) is 10.6. The maximum absolute atomic E-state index is 6.22. The van der Waals surface area contributed by atoms with E-state index in [1.165, 1.54) is 64.7 Å². The van der Waals surface area contributed by atoms with Crippen LogP contribution in [-0.4, -0.2) is 55.6 Å². The average Bonchev–Trinajstić information content (AvgIpc) is 2.63. The van der Waals surface area contributed by atoms with Gasteiger partial charge in [-0.3, -0.25) is 4.90 Å². The van der Waals surface area contributed by atoms with Crippen LogP contribution in [0.25, 0.3) is 0 Å². The molecule has 1 aliphatic heterocycles. The van der Waals surface area contributed by atoms with Crippen LogP contribution in [0.1, 0.15) is 52.4 Å². The third kappa shape index (κ3) is 3.96. The number of rotatable bonds is 4. The Bertz CT molecular complexity index is 284. The van der Waals surface area contributed by atoms with Crippen LogP contribution in [0.4, 0.5) is 0 Å². The van der Waals surface area contributed by atoms with Gasteiger partial charge in [-0.1, -0.05) is 26.7 Å². The number of hydrogen-bond donors (Lipinski definition) is 1. The summed E-state index contributed by atoms with van der Waals surface area (Å²) < 4.78 is 0. The lowest BCUT2D eigenvalue weighted by atomic mass is 9.70.